The number of rotatable bonds is 8. The summed E-state index contributed by atoms with van der Waals surface area (Å²) in [6, 6.07) is 0. The van der Waals surface area contributed by atoms with Crippen LogP contribution in [0.2, 0.25) is 0 Å². The van der Waals surface area contributed by atoms with Gasteiger partial charge in [-0.25, -0.2) is 12.7 Å². The summed E-state index contributed by atoms with van der Waals surface area (Å²) in [5.41, 5.74) is 5.36. The number of carbonyl (C=O) groups excluding carboxylic acids is 1. The van der Waals surface area contributed by atoms with Crippen molar-refractivity contribution in [2.24, 2.45) is 5.73 Å². The minimum Gasteiger partial charge on any atom is -0.380 e. The Balaban J connectivity index is 3.94. The zero-order valence-electron chi connectivity index (χ0n) is 10.5. The second-order valence-corrected chi connectivity index (χ2v) is 6.05. The first kappa shape index (κ1) is 16.3. The Morgan fingerprint density at radius 2 is 2.06 bits per heavy atom. The normalized spacial score (nSPS) is 13.7. The van der Waals surface area contributed by atoms with E-state index in [1.165, 1.54) is 21.2 Å². The predicted octanol–water partition coefficient (Wildman–Crippen LogP) is -1.64. The topological polar surface area (TPSA) is 102 Å². The lowest BCUT2D eigenvalue weighted by Gasteiger charge is -2.14. The number of hydrogen-bond donors (Lipinski definition) is 2. The highest BCUT2D eigenvalue weighted by molar-refractivity contribution is 7.89. The van der Waals surface area contributed by atoms with Crippen LogP contribution in [0.15, 0.2) is 0 Å². The largest absolute Gasteiger partial charge is 0.380 e. The smallest absolute Gasteiger partial charge is 0.222 e. The van der Waals surface area contributed by atoms with E-state index in [0.29, 0.717) is 0 Å². The second-order valence-electron chi connectivity index (χ2n) is 3.75. The van der Waals surface area contributed by atoms with Crippen LogP contribution in [0.5, 0.6) is 0 Å². The summed E-state index contributed by atoms with van der Waals surface area (Å²) >= 11 is 0. The van der Waals surface area contributed by atoms with Crippen LogP contribution in [0, 0.1) is 0 Å². The molecule has 17 heavy (non-hydrogen) atoms. The van der Waals surface area contributed by atoms with Gasteiger partial charge in [-0.3, -0.25) is 4.79 Å². The molecule has 0 aliphatic heterocycles. The number of methoxy groups -OCH3 is 1. The van der Waals surface area contributed by atoms with Gasteiger partial charge in [0.15, 0.2) is 0 Å². The van der Waals surface area contributed by atoms with Crippen LogP contribution in [0.25, 0.3) is 0 Å². The Bertz CT molecular complexity index is 325. The van der Waals surface area contributed by atoms with Crippen molar-refractivity contribution in [1.29, 1.82) is 0 Å². The summed E-state index contributed by atoms with van der Waals surface area (Å²) < 4.78 is 28.8. The average molecular weight is 267 g/mol. The fourth-order valence-electron chi connectivity index (χ4n) is 1.04. The number of nitrogens with one attached hydrogen (secondary N) is 1. The number of amides is 1. The first-order valence-electron chi connectivity index (χ1n) is 5.23. The quantitative estimate of drug-likeness (QED) is 0.549. The third kappa shape index (κ3) is 6.57. The molecule has 0 aliphatic rings. The van der Waals surface area contributed by atoms with Gasteiger partial charge in [-0.2, -0.15) is 0 Å². The maximum atomic E-state index is 11.4. The molecule has 7 nitrogen and oxygen atoms in total. The number of sulfonamides is 1. The fourth-order valence-corrected chi connectivity index (χ4v) is 1.77. The molecule has 0 aromatic rings. The van der Waals surface area contributed by atoms with Crippen LogP contribution in [-0.4, -0.2) is 64.8 Å². The molecule has 0 fully saturated rings. The molecule has 0 saturated heterocycles. The van der Waals surface area contributed by atoms with Crippen LogP contribution >= 0.6 is 0 Å². The number of ether oxygens (including phenoxy) is 1. The molecule has 0 aromatic heterocycles. The lowest BCUT2D eigenvalue weighted by Crippen LogP contribution is -2.36. The van der Waals surface area contributed by atoms with Crippen molar-refractivity contribution in [3.8, 4) is 0 Å². The predicted molar refractivity (Wildman–Crippen MR) is 65.0 cm³/mol. The highest BCUT2D eigenvalue weighted by Gasteiger charge is 2.15. The molecule has 0 heterocycles. The molecule has 0 spiro atoms. The van der Waals surface area contributed by atoms with Crippen molar-refractivity contribution in [2.75, 3.05) is 40.0 Å². The molecule has 0 radical (unpaired) electrons. The van der Waals surface area contributed by atoms with Gasteiger partial charge >= 0.3 is 0 Å². The molecule has 0 saturated carbocycles. The van der Waals surface area contributed by atoms with Crippen molar-refractivity contribution in [3.63, 3.8) is 0 Å². The van der Waals surface area contributed by atoms with Gasteiger partial charge in [0, 0.05) is 34.3 Å². The SMILES string of the molecule is COC(CN)CC(=O)NCCS(=O)(=O)N(C)C. The van der Waals surface area contributed by atoms with Gasteiger partial charge in [-0.1, -0.05) is 0 Å². The molecule has 1 atom stereocenters. The average Bonchev–Trinajstić information content (AvgIpc) is 2.25. The third-order valence-corrected chi connectivity index (χ3v) is 4.08. The highest BCUT2D eigenvalue weighted by atomic mass is 32.2. The molecule has 0 aromatic carbocycles. The summed E-state index contributed by atoms with van der Waals surface area (Å²) in [5.74, 6) is -0.386. The minimum atomic E-state index is -3.27. The van der Waals surface area contributed by atoms with Crippen LogP contribution in [0.3, 0.4) is 0 Å². The Kier molecular flexibility index (Phi) is 7.28. The van der Waals surface area contributed by atoms with Crippen LogP contribution in [0.1, 0.15) is 6.42 Å². The summed E-state index contributed by atoms with van der Waals surface area (Å²) in [7, 11) is 1.10. The Hall–Kier alpha value is -0.700. The van der Waals surface area contributed by atoms with Gasteiger partial charge in [-0.15, -0.1) is 0 Å². The van der Waals surface area contributed by atoms with E-state index < -0.39 is 10.0 Å². The van der Waals surface area contributed by atoms with Crippen LogP contribution in [-0.2, 0) is 19.6 Å². The van der Waals surface area contributed by atoms with Gasteiger partial charge < -0.3 is 15.8 Å². The second kappa shape index (κ2) is 7.59. The summed E-state index contributed by atoms with van der Waals surface area (Å²) in [6.07, 6.45) is -0.199. The van der Waals surface area contributed by atoms with E-state index in [-0.39, 0.29) is 37.3 Å². The van der Waals surface area contributed by atoms with Crippen molar-refractivity contribution in [2.45, 2.75) is 12.5 Å². The Morgan fingerprint density at radius 3 is 2.47 bits per heavy atom. The Morgan fingerprint density at radius 1 is 1.47 bits per heavy atom. The molecule has 0 bridgehead atoms. The van der Waals surface area contributed by atoms with E-state index in [0.717, 1.165) is 4.31 Å². The maximum absolute atomic E-state index is 11.4. The third-order valence-electron chi connectivity index (χ3n) is 2.25. The molecule has 1 unspecified atom stereocenters. The highest BCUT2D eigenvalue weighted by Crippen LogP contribution is 1.95. The fraction of sp³-hybridized carbons (Fsp3) is 0.889. The zero-order chi connectivity index (χ0) is 13.5. The van der Waals surface area contributed by atoms with E-state index >= 15 is 0 Å². The molecular weight excluding hydrogens is 246 g/mol. The maximum Gasteiger partial charge on any atom is 0.222 e. The number of carbonyl (C=O) groups is 1. The Labute approximate surface area is 102 Å². The monoisotopic (exact) mass is 267 g/mol. The summed E-state index contributed by atoms with van der Waals surface area (Å²) in [6.45, 7) is 0.334. The van der Waals surface area contributed by atoms with E-state index in [1.807, 2.05) is 0 Å². The van der Waals surface area contributed by atoms with E-state index in [4.69, 9.17) is 10.5 Å². The van der Waals surface area contributed by atoms with E-state index in [1.54, 1.807) is 0 Å². The molecule has 102 valence electrons. The molecule has 1 amide bonds. The number of nitrogens with two attached hydrogens (primary N) is 1. The van der Waals surface area contributed by atoms with Gasteiger partial charge in [0.05, 0.1) is 18.3 Å². The molecular formula is C9H21N3O4S. The minimum absolute atomic E-state index is 0.0837. The van der Waals surface area contributed by atoms with Gasteiger partial charge in [0.1, 0.15) is 0 Å². The van der Waals surface area contributed by atoms with Gasteiger partial charge in [0.25, 0.3) is 0 Å². The first-order valence-corrected chi connectivity index (χ1v) is 6.84. The first-order chi connectivity index (χ1) is 7.83. The standard InChI is InChI=1S/C9H21N3O4S/c1-12(2)17(14,15)5-4-11-9(13)6-8(7-10)16-3/h8H,4-7,10H2,1-3H3,(H,11,13). The summed E-state index contributed by atoms with van der Waals surface area (Å²) in [4.78, 5) is 11.4. The lowest BCUT2D eigenvalue weighted by atomic mass is 10.2. The van der Waals surface area contributed by atoms with Gasteiger partial charge in [0.2, 0.25) is 15.9 Å². The molecule has 0 aliphatic carbocycles. The van der Waals surface area contributed by atoms with Crippen molar-refractivity contribution < 1.29 is 17.9 Å². The number of nitrogens with zero attached hydrogens (tertiary/aromatic N) is 1. The summed E-state index contributed by atoms with van der Waals surface area (Å²) in [5, 5.41) is 2.51. The zero-order valence-corrected chi connectivity index (χ0v) is 11.3. The van der Waals surface area contributed by atoms with Crippen LogP contribution < -0.4 is 11.1 Å². The van der Waals surface area contributed by atoms with Crippen LogP contribution in [0.4, 0.5) is 0 Å². The van der Waals surface area contributed by atoms with Crippen molar-refractivity contribution in [1.82, 2.24) is 9.62 Å². The number of hydrogen-bond acceptors (Lipinski definition) is 5. The van der Waals surface area contributed by atoms with E-state index in [2.05, 4.69) is 5.32 Å². The van der Waals surface area contributed by atoms with E-state index in [9.17, 15) is 13.2 Å². The van der Waals surface area contributed by atoms with Gasteiger partial charge in [-0.05, 0) is 0 Å². The van der Waals surface area contributed by atoms with Crippen molar-refractivity contribution >= 4 is 15.9 Å². The van der Waals surface area contributed by atoms with Crippen molar-refractivity contribution in [3.05, 3.63) is 0 Å². The lowest BCUT2D eigenvalue weighted by molar-refractivity contribution is -0.123. The molecule has 3 N–H and O–H groups in total. The molecule has 8 heteroatoms. The molecule has 0 rings (SSSR count).